The molecule has 0 spiro atoms. The molecule has 3 aromatic rings. The van der Waals surface area contributed by atoms with E-state index in [-0.39, 0.29) is 0 Å². The minimum absolute atomic E-state index is 0.578. The second kappa shape index (κ2) is 6.47. The molecule has 2 aromatic heterocycles. The third-order valence-electron chi connectivity index (χ3n) is 4.67. The number of methoxy groups -OCH3 is 1. The van der Waals surface area contributed by atoms with E-state index in [0.29, 0.717) is 11.7 Å². The van der Waals surface area contributed by atoms with Gasteiger partial charge in [0, 0.05) is 18.5 Å². The number of hydrogen-bond donors (Lipinski definition) is 1. The Morgan fingerprint density at radius 2 is 2.08 bits per heavy atom. The molecule has 24 heavy (non-hydrogen) atoms. The van der Waals surface area contributed by atoms with Crippen molar-refractivity contribution < 1.29 is 4.74 Å². The lowest BCUT2D eigenvalue weighted by atomic mass is 9.83. The molecule has 6 nitrogen and oxygen atoms in total. The molecule has 1 aliphatic carbocycles. The smallest absolute Gasteiger partial charge is 0.254 e. The second-order valence-corrected chi connectivity index (χ2v) is 6.19. The molecule has 1 aromatic carbocycles. The number of rotatable bonds is 6. The lowest BCUT2D eigenvalue weighted by Gasteiger charge is -2.25. The van der Waals surface area contributed by atoms with E-state index >= 15 is 0 Å². The zero-order valence-corrected chi connectivity index (χ0v) is 13.8. The Bertz CT molecular complexity index is 823. The second-order valence-electron chi connectivity index (χ2n) is 6.19. The van der Waals surface area contributed by atoms with Gasteiger partial charge in [-0.15, -0.1) is 0 Å². The molecule has 2 heterocycles. The van der Waals surface area contributed by atoms with Gasteiger partial charge in [0.1, 0.15) is 17.9 Å². The highest BCUT2D eigenvalue weighted by atomic mass is 16.5. The SMILES string of the molecule is COc1ccc(CCNc2cc(C3CCC3)nc3ncnn23)cc1. The fourth-order valence-corrected chi connectivity index (χ4v) is 3.00. The van der Waals surface area contributed by atoms with Gasteiger partial charge in [-0.2, -0.15) is 14.6 Å². The van der Waals surface area contributed by atoms with E-state index < -0.39 is 0 Å². The topological polar surface area (TPSA) is 64.3 Å². The molecule has 1 fully saturated rings. The van der Waals surface area contributed by atoms with Crippen LogP contribution in [-0.4, -0.2) is 33.2 Å². The maximum Gasteiger partial charge on any atom is 0.254 e. The van der Waals surface area contributed by atoms with Crippen LogP contribution in [0.3, 0.4) is 0 Å². The molecule has 0 amide bonds. The van der Waals surface area contributed by atoms with Crippen molar-refractivity contribution in [2.24, 2.45) is 0 Å². The fraction of sp³-hybridized carbons (Fsp3) is 0.389. The summed E-state index contributed by atoms with van der Waals surface area (Å²) in [6.45, 7) is 0.829. The van der Waals surface area contributed by atoms with Gasteiger partial charge in [0.05, 0.1) is 12.8 Å². The number of benzene rings is 1. The Morgan fingerprint density at radius 1 is 1.25 bits per heavy atom. The summed E-state index contributed by atoms with van der Waals surface area (Å²) >= 11 is 0. The van der Waals surface area contributed by atoms with Gasteiger partial charge in [-0.3, -0.25) is 0 Å². The van der Waals surface area contributed by atoms with Gasteiger partial charge in [0.25, 0.3) is 5.78 Å². The molecule has 1 saturated carbocycles. The summed E-state index contributed by atoms with van der Waals surface area (Å²) in [4.78, 5) is 8.89. The van der Waals surface area contributed by atoms with Crippen LogP contribution in [0.5, 0.6) is 5.75 Å². The average Bonchev–Trinajstić information content (AvgIpc) is 3.02. The lowest BCUT2D eigenvalue weighted by Crippen LogP contribution is -2.15. The summed E-state index contributed by atoms with van der Waals surface area (Å²) in [5, 5.41) is 7.76. The van der Waals surface area contributed by atoms with Crippen LogP contribution in [0, 0.1) is 0 Å². The number of fused-ring (bicyclic) bond motifs is 1. The maximum absolute atomic E-state index is 5.19. The van der Waals surface area contributed by atoms with Gasteiger partial charge in [-0.25, -0.2) is 4.98 Å². The average molecular weight is 323 g/mol. The van der Waals surface area contributed by atoms with Gasteiger partial charge in [-0.05, 0) is 37.0 Å². The first kappa shape index (κ1) is 14.9. The Hall–Kier alpha value is -2.63. The molecule has 124 valence electrons. The number of nitrogens with zero attached hydrogens (tertiary/aromatic N) is 4. The highest BCUT2D eigenvalue weighted by Gasteiger charge is 2.22. The van der Waals surface area contributed by atoms with Gasteiger partial charge in [-0.1, -0.05) is 18.6 Å². The normalized spacial score (nSPS) is 14.5. The molecule has 0 radical (unpaired) electrons. The van der Waals surface area contributed by atoms with Gasteiger partial charge in [0.15, 0.2) is 0 Å². The van der Waals surface area contributed by atoms with Crippen molar-refractivity contribution >= 4 is 11.6 Å². The van der Waals surface area contributed by atoms with Gasteiger partial charge in [0.2, 0.25) is 0 Å². The predicted molar refractivity (Wildman–Crippen MR) is 92.6 cm³/mol. The van der Waals surface area contributed by atoms with E-state index in [9.17, 15) is 0 Å². The first-order valence-corrected chi connectivity index (χ1v) is 8.41. The van der Waals surface area contributed by atoms with E-state index in [2.05, 4.69) is 38.6 Å². The third kappa shape index (κ3) is 2.91. The maximum atomic E-state index is 5.19. The van der Waals surface area contributed by atoms with Crippen molar-refractivity contribution in [1.29, 1.82) is 0 Å². The van der Waals surface area contributed by atoms with E-state index in [1.54, 1.807) is 18.0 Å². The van der Waals surface area contributed by atoms with E-state index in [0.717, 1.165) is 30.2 Å². The predicted octanol–water partition coefficient (Wildman–Crippen LogP) is 3.06. The van der Waals surface area contributed by atoms with Crippen LogP contribution in [0.25, 0.3) is 5.78 Å². The number of nitrogens with one attached hydrogen (secondary N) is 1. The third-order valence-corrected chi connectivity index (χ3v) is 4.67. The fourth-order valence-electron chi connectivity index (χ4n) is 3.00. The minimum Gasteiger partial charge on any atom is -0.497 e. The largest absolute Gasteiger partial charge is 0.497 e. The molecular formula is C18H21N5O. The number of ether oxygens (including phenoxy) is 1. The lowest BCUT2D eigenvalue weighted by molar-refractivity contribution is 0.411. The Balaban J connectivity index is 1.47. The zero-order chi connectivity index (χ0) is 16.4. The monoisotopic (exact) mass is 323 g/mol. The standard InChI is InChI=1S/C18H21N5O/c1-24-15-7-5-13(6-8-15)9-10-19-17-11-16(14-3-2-4-14)22-18-20-12-21-23(17)18/h5-8,11-12,14,19H,2-4,9-10H2,1H3. The zero-order valence-electron chi connectivity index (χ0n) is 13.8. The molecule has 6 heteroatoms. The summed E-state index contributed by atoms with van der Waals surface area (Å²) in [5.74, 6) is 3.10. The minimum atomic E-state index is 0.578. The van der Waals surface area contributed by atoms with Gasteiger partial charge < -0.3 is 10.1 Å². The summed E-state index contributed by atoms with van der Waals surface area (Å²) < 4.78 is 6.97. The Morgan fingerprint density at radius 3 is 2.79 bits per heavy atom. The quantitative estimate of drug-likeness (QED) is 0.755. The molecule has 0 aliphatic heterocycles. The van der Waals surface area contributed by atoms with Crippen LogP contribution in [0.1, 0.15) is 36.4 Å². The first-order chi connectivity index (χ1) is 11.8. The van der Waals surface area contributed by atoms with E-state index in [4.69, 9.17) is 4.74 Å². The first-order valence-electron chi connectivity index (χ1n) is 8.41. The van der Waals surface area contributed by atoms with Crippen LogP contribution in [-0.2, 0) is 6.42 Å². The summed E-state index contributed by atoms with van der Waals surface area (Å²) in [6, 6.07) is 10.3. The molecule has 1 N–H and O–H groups in total. The molecular weight excluding hydrogens is 302 g/mol. The summed E-state index contributed by atoms with van der Waals surface area (Å²) in [7, 11) is 1.68. The molecule has 0 atom stereocenters. The molecule has 1 aliphatic rings. The van der Waals surface area contributed by atoms with Crippen molar-refractivity contribution in [3.05, 3.63) is 47.9 Å². The van der Waals surface area contributed by atoms with E-state index in [1.807, 2.05) is 12.1 Å². The van der Waals surface area contributed by atoms with Crippen LogP contribution in [0.2, 0.25) is 0 Å². The van der Waals surface area contributed by atoms with Crippen molar-refractivity contribution in [2.45, 2.75) is 31.6 Å². The number of aromatic nitrogens is 4. The van der Waals surface area contributed by atoms with Gasteiger partial charge >= 0.3 is 0 Å². The Kier molecular flexibility index (Phi) is 4.02. The highest BCUT2D eigenvalue weighted by Crippen LogP contribution is 2.36. The number of anilines is 1. The van der Waals surface area contributed by atoms with Crippen molar-refractivity contribution in [3.63, 3.8) is 0 Å². The van der Waals surface area contributed by atoms with Crippen molar-refractivity contribution in [2.75, 3.05) is 19.0 Å². The van der Waals surface area contributed by atoms with Crippen LogP contribution < -0.4 is 10.1 Å². The molecule has 0 unspecified atom stereocenters. The van der Waals surface area contributed by atoms with Crippen molar-refractivity contribution in [3.8, 4) is 5.75 Å². The molecule has 0 bridgehead atoms. The van der Waals surface area contributed by atoms with Crippen molar-refractivity contribution in [1.82, 2.24) is 19.6 Å². The molecule has 4 rings (SSSR count). The highest BCUT2D eigenvalue weighted by molar-refractivity contribution is 5.46. The molecule has 0 saturated heterocycles. The van der Waals surface area contributed by atoms with Crippen LogP contribution in [0.4, 0.5) is 5.82 Å². The Labute approximate surface area is 140 Å². The number of hydrogen-bond acceptors (Lipinski definition) is 5. The summed E-state index contributed by atoms with van der Waals surface area (Å²) in [6.07, 6.45) is 6.23. The van der Waals surface area contributed by atoms with Crippen LogP contribution >= 0.6 is 0 Å². The van der Waals surface area contributed by atoms with Crippen LogP contribution in [0.15, 0.2) is 36.7 Å². The summed E-state index contributed by atoms with van der Waals surface area (Å²) in [5.41, 5.74) is 2.40. The van der Waals surface area contributed by atoms with E-state index in [1.165, 1.54) is 24.8 Å².